The van der Waals surface area contributed by atoms with Crippen molar-refractivity contribution in [3.63, 3.8) is 0 Å². The first-order valence-electron chi connectivity index (χ1n) is 15.0. The minimum Gasteiger partial charge on any atom is -0.508 e. The Morgan fingerprint density at radius 1 is 0.955 bits per heavy atom. The van der Waals surface area contributed by atoms with E-state index < -0.39 is 35.8 Å². The van der Waals surface area contributed by atoms with Crippen molar-refractivity contribution in [1.82, 2.24) is 15.5 Å². The number of carbonyl (C=O) groups excluding carboxylic acids is 3. The summed E-state index contributed by atoms with van der Waals surface area (Å²) in [5.74, 6) is -0.694. The summed E-state index contributed by atoms with van der Waals surface area (Å²) in [6.45, 7) is 9.11. The number of fused-ring (bicyclic) bond motifs is 1. The number of carbonyl (C=O) groups is 3. The number of benzene rings is 3. The first-order chi connectivity index (χ1) is 20.8. The fraction of sp³-hybridized carbons (Fsp3) is 0.400. The van der Waals surface area contributed by atoms with Crippen molar-refractivity contribution in [3.8, 4) is 5.75 Å². The summed E-state index contributed by atoms with van der Waals surface area (Å²) in [4.78, 5) is 42.5. The number of hydrogen-bond donors (Lipinski definition) is 4. The summed E-state index contributed by atoms with van der Waals surface area (Å²) in [5.41, 5.74) is 4.40. The zero-order valence-electron chi connectivity index (χ0n) is 26.1. The molecule has 1 unspecified atom stereocenters. The van der Waals surface area contributed by atoms with Gasteiger partial charge in [-0.2, -0.15) is 0 Å². The second-order valence-corrected chi connectivity index (χ2v) is 12.5. The molecule has 0 aromatic heterocycles. The van der Waals surface area contributed by atoms with Gasteiger partial charge in [-0.25, -0.2) is 4.79 Å². The predicted molar refractivity (Wildman–Crippen MR) is 168 cm³/mol. The van der Waals surface area contributed by atoms with Crippen molar-refractivity contribution in [3.05, 3.63) is 100 Å². The molecule has 9 heteroatoms. The molecule has 1 heterocycles. The smallest absolute Gasteiger partial charge is 0.408 e. The van der Waals surface area contributed by atoms with Gasteiger partial charge in [-0.15, -0.1) is 0 Å². The van der Waals surface area contributed by atoms with Gasteiger partial charge in [0.05, 0.1) is 6.10 Å². The van der Waals surface area contributed by atoms with Gasteiger partial charge in [-0.3, -0.25) is 9.59 Å². The molecular formula is C35H43N3O6. The van der Waals surface area contributed by atoms with E-state index in [9.17, 15) is 24.6 Å². The Kier molecular flexibility index (Phi) is 10.3. The van der Waals surface area contributed by atoms with Crippen LogP contribution < -0.4 is 10.6 Å². The first-order valence-corrected chi connectivity index (χ1v) is 15.0. The van der Waals surface area contributed by atoms with Crippen LogP contribution in [0.15, 0.2) is 66.7 Å². The molecule has 3 aromatic rings. The van der Waals surface area contributed by atoms with Crippen LogP contribution in [-0.4, -0.2) is 63.4 Å². The van der Waals surface area contributed by atoms with E-state index in [1.165, 1.54) is 4.90 Å². The van der Waals surface area contributed by atoms with Crippen LogP contribution in [0.5, 0.6) is 5.75 Å². The van der Waals surface area contributed by atoms with E-state index in [1.54, 1.807) is 32.9 Å². The lowest BCUT2D eigenvalue weighted by Crippen LogP contribution is -2.59. The number of aryl methyl sites for hydroxylation is 2. The monoisotopic (exact) mass is 601 g/mol. The van der Waals surface area contributed by atoms with Gasteiger partial charge in [0.25, 0.3) is 0 Å². The molecule has 4 N–H and O–H groups in total. The SMILES string of the molecule is Cc1cc(O)cc(C)c1CC(NC(=O)OC(C)(C)C)C(=O)N1Cc2ccccc2C[C@H]1C(=O)NC[C@H](O)Cc1ccccc1. The van der Waals surface area contributed by atoms with Gasteiger partial charge in [0, 0.05) is 32.4 Å². The Labute approximate surface area is 259 Å². The number of amides is 3. The van der Waals surface area contributed by atoms with Gasteiger partial charge >= 0.3 is 6.09 Å². The number of nitrogens with one attached hydrogen (secondary N) is 2. The maximum atomic E-state index is 14.4. The predicted octanol–water partition coefficient (Wildman–Crippen LogP) is 4.12. The van der Waals surface area contributed by atoms with E-state index in [2.05, 4.69) is 10.6 Å². The number of hydrogen-bond acceptors (Lipinski definition) is 6. The van der Waals surface area contributed by atoms with Crippen molar-refractivity contribution in [2.24, 2.45) is 0 Å². The fourth-order valence-corrected chi connectivity index (χ4v) is 5.63. The average Bonchev–Trinajstić information content (AvgIpc) is 2.95. The van der Waals surface area contributed by atoms with E-state index in [4.69, 9.17) is 4.74 Å². The average molecular weight is 602 g/mol. The summed E-state index contributed by atoms with van der Waals surface area (Å²) in [6.07, 6.45) is -0.738. The molecule has 0 aliphatic carbocycles. The van der Waals surface area contributed by atoms with Crippen LogP contribution in [-0.2, 0) is 40.1 Å². The van der Waals surface area contributed by atoms with E-state index in [0.717, 1.165) is 33.4 Å². The standard InChI is InChI=1S/C35H43N3O6/c1-22-15-27(39)16-23(2)29(22)19-30(37-34(43)44-35(3,4)5)33(42)38-21-26-14-10-9-13-25(26)18-31(38)32(41)36-20-28(40)17-24-11-7-6-8-12-24/h6-16,28,30-31,39-40H,17-21H2,1-5H3,(H,36,41)(H,37,43)/t28-,30?,31+/m1/s1. The number of ether oxygens (including phenoxy) is 1. The number of alkyl carbamates (subject to hydrolysis) is 1. The van der Waals surface area contributed by atoms with Crippen LogP contribution in [0, 0.1) is 13.8 Å². The molecule has 3 aromatic carbocycles. The molecular weight excluding hydrogens is 558 g/mol. The molecule has 1 aliphatic heterocycles. The number of aliphatic hydroxyl groups excluding tert-OH is 1. The highest BCUT2D eigenvalue weighted by Crippen LogP contribution is 2.27. The molecule has 234 valence electrons. The van der Waals surface area contributed by atoms with Gasteiger partial charge in [0.2, 0.25) is 11.8 Å². The molecule has 0 bridgehead atoms. The van der Waals surface area contributed by atoms with E-state index >= 15 is 0 Å². The number of rotatable bonds is 9. The summed E-state index contributed by atoms with van der Waals surface area (Å²) in [5, 5.41) is 26.3. The maximum absolute atomic E-state index is 14.4. The molecule has 3 atom stereocenters. The molecule has 44 heavy (non-hydrogen) atoms. The topological polar surface area (TPSA) is 128 Å². The van der Waals surface area contributed by atoms with Crippen molar-refractivity contribution in [2.75, 3.05) is 6.54 Å². The van der Waals surface area contributed by atoms with Crippen molar-refractivity contribution in [1.29, 1.82) is 0 Å². The van der Waals surface area contributed by atoms with Gasteiger partial charge in [-0.1, -0.05) is 54.6 Å². The number of aliphatic hydroxyl groups is 1. The Hall–Kier alpha value is -4.37. The van der Waals surface area contributed by atoms with Gasteiger partial charge in [0.15, 0.2) is 0 Å². The summed E-state index contributed by atoms with van der Waals surface area (Å²) >= 11 is 0. The second kappa shape index (κ2) is 13.9. The third kappa shape index (κ3) is 8.60. The zero-order valence-corrected chi connectivity index (χ0v) is 26.1. The van der Waals surface area contributed by atoms with Crippen LogP contribution in [0.4, 0.5) is 4.79 Å². The quantitative estimate of drug-likeness (QED) is 0.292. The van der Waals surface area contributed by atoms with Crippen LogP contribution in [0.2, 0.25) is 0 Å². The minimum atomic E-state index is -1.05. The highest BCUT2D eigenvalue weighted by Gasteiger charge is 2.39. The normalized spacial score (nSPS) is 16.0. The zero-order chi connectivity index (χ0) is 32.0. The van der Waals surface area contributed by atoms with E-state index in [-0.39, 0.29) is 31.2 Å². The van der Waals surface area contributed by atoms with Crippen LogP contribution in [0.25, 0.3) is 0 Å². The summed E-state index contributed by atoms with van der Waals surface area (Å²) in [7, 11) is 0. The summed E-state index contributed by atoms with van der Waals surface area (Å²) < 4.78 is 5.50. The van der Waals surface area contributed by atoms with Crippen LogP contribution in [0.3, 0.4) is 0 Å². The number of phenolic OH excluding ortho intramolecular Hbond substituents is 1. The third-order valence-electron chi connectivity index (χ3n) is 7.74. The highest BCUT2D eigenvalue weighted by atomic mass is 16.6. The van der Waals surface area contributed by atoms with E-state index in [0.29, 0.717) is 12.8 Å². The third-order valence-corrected chi connectivity index (χ3v) is 7.74. The number of nitrogens with zero attached hydrogens (tertiary/aromatic N) is 1. The highest BCUT2D eigenvalue weighted by molar-refractivity contribution is 5.92. The second-order valence-electron chi connectivity index (χ2n) is 12.5. The van der Waals surface area contributed by atoms with Gasteiger partial charge in [0.1, 0.15) is 23.4 Å². The molecule has 3 amide bonds. The molecule has 4 rings (SSSR count). The number of phenols is 1. The maximum Gasteiger partial charge on any atom is 0.408 e. The van der Waals surface area contributed by atoms with Crippen molar-refractivity contribution in [2.45, 2.75) is 84.2 Å². The molecule has 0 radical (unpaired) electrons. The Balaban J connectivity index is 1.60. The lowest BCUT2D eigenvalue weighted by Gasteiger charge is -2.38. The fourth-order valence-electron chi connectivity index (χ4n) is 5.63. The molecule has 0 spiro atoms. The van der Waals surface area contributed by atoms with Gasteiger partial charge in [-0.05, 0) is 80.1 Å². The largest absolute Gasteiger partial charge is 0.508 e. The first kappa shape index (κ1) is 32.5. The molecule has 0 saturated heterocycles. The Morgan fingerprint density at radius 3 is 2.20 bits per heavy atom. The van der Waals surface area contributed by atoms with Crippen molar-refractivity contribution >= 4 is 17.9 Å². The van der Waals surface area contributed by atoms with Crippen LogP contribution >= 0.6 is 0 Å². The molecule has 0 fully saturated rings. The molecule has 0 saturated carbocycles. The Morgan fingerprint density at radius 2 is 1.57 bits per heavy atom. The van der Waals surface area contributed by atoms with Crippen LogP contribution in [0.1, 0.15) is 54.2 Å². The number of aromatic hydroxyl groups is 1. The Bertz CT molecular complexity index is 1460. The van der Waals surface area contributed by atoms with Gasteiger partial charge < -0.3 is 30.5 Å². The summed E-state index contributed by atoms with van der Waals surface area (Å²) in [6, 6.07) is 18.5. The lowest BCUT2D eigenvalue weighted by atomic mass is 9.91. The van der Waals surface area contributed by atoms with E-state index in [1.807, 2.05) is 68.4 Å². The minimum absolute atomic E-state index is 0.0272. The molecule has 1 aliphatic rings. The molecule has 9 nitrogen and oxygen atoms in total. The lowest BCUT2D eigenvalue weighted by molar-refractivity contribution is -0.143. The van der Waals surface area contributed by atoms with Crippen molar-refractivity contribution < 1.29 is 29.3 Å².